The Bertz CT molecular complexity index is 427. The van der Waals surface area contributed by atoms with E-state index in [4.69, 9.17) is 0 Å². The maximum Gasteiger partial charge on any atom is 0.133 e. The van der Waals surface area contributed by atoms with Crippen LogP contribution in [0.1, 0.15) is 78.1 Å². The van der Waals surface area contributed by atoms with Crippen molar-refractivity contribution in [3.05, 3.63) is 0 Å². The van der Waals surface area contributed by atoms with Crippen molar-refractivity contribution < 1.29 is 4.79 Å². The van der Waals surface area contributed by atoms with Crippen molar-refractivity contribution in [1.29, 1.82) is 0 Å². The van der Waals surface area contributed by atoms with E-state index in [1.165, 1.54) is 51.4 Å². The number of hydrogen-bond donors (Lipinski definition) is 0. The van der Waals surface area contributed by atoms with Gasteiger partial charge in [-0.3, -0.25) is 4.79 Å². The average Bonchev–Trinajstić information content (AvgIpc) is 2.81. The van der Waals surface area contributed by atoms with Gasteiger partial charge in [0.25, 0.3) is 0 Å². The molecular formula is C19H30O. The van der Waals surface area contributed by atoms with Gasteiger partial charge in [0.15, 0.2) is 0 Å². The molecule has 1 nitrogen and oxygen atoms in total. The zero-order chi connectivity index (χ0) is 14.0. The van der Waals surface area contributed by atoms with Crippen LogP contribution in [0.3, 0.4) is 0 Å². The highest BCUT2D eigenvalue weighted by atomic mass is 16.1. The molecule has 0 N–H and O–H groups in total. The van der Waals surface area contributed by atoms with E-state index >= 15 is 0 Å². The van der Waals surface area contributed by atoms with E-state index in [0.717, 1.165) is 36.5 Å². The third kappa shape index (κ3) is 1.70. The van der Waals surface area contributed by atoms with Gasteiger partial charge < -0.3 is 0 Å². The van der Waals surface area contributed by atoms with E-state index in [1.54, 1.807) is 0 Å². The van der Waals surface area contributed by atoms with Crippen LogP contribution in [-0.4, -0.2) is 5.78 Å². The molecule has 0 heterocycles. The van der Waals surface area contributed by atoms with Crippen LogP contribution in [0.5, 0.6) is 0 Å². The zero-order valence-corrected chi connectivity index (χ0v) is 13.3. The highest BCUT2D eigenvalue weighted by molar-refractivity contribution is 5.79. The zero-order valence-electron chi connectivity index (χ0n) is 13.3. The lowest BCUT2D eigenvalue weighted by atomic mass is 9.45. The van der Waals surface area contributed by atoms with Crippen molar-refractivity contribution in [2.45, 2.75) is 78.1 Å². The van der Waals surface area contributed by atoms with Crippen LogP contribution >= 0.6 is 0 Å². The molecule has 4 saturated carbocycles. The Balaban J connectivity index is 1.64. The normalized spacial score (nSPS) is 55.0. The number of carbonyl (C=O) groups is 1. The fourth-order valence-electron chi connectivity index (χ4n) is 7.04. The monoisotopic (exact) mass is 274 g/mol. The summed E-state index contributed by atoms with van der Waals surface area (Å²) in [6.07, 6.45) is 13.1. The van der Waals surface area contributed by atoms with Gasteiger partial charge in [-0.05, 0) is 79.4 Å². The summed E-state index contributed by atoms with van der Waals surface area (Å²) in [7, 11) is 0. The molecule has 0 radical (unpaired) electrons. The first kappa shape index (κ1) is 13.3. The van der Waals surface area contributed by atoms with Crippen LogP contribution in [0, 0.1) is 34.5 Å². The van der Waals surface area contributed by atoms with Crippen LogP contribution in [0.4, 0.5) is 0 Å². The first-order chi connectivity index (χ1) is 9.53. The van der Waals surface area contributed by atoms with Crippen LogP contribution < -0.4 is 0 Å². The summed E-state index contributed by atoms with van der Waals surface area (Å²) >= 11 is 0. The minimum Gasteiger partial charge on any atom is -0.300 e. The minimum absolute atomic E-state index is 0.501. The Morgan fingerprint density at radius 3 is 2.65 bits per heavy atom. The topological polar surface area (TPSA) is 17.1 Å². The fraction of sp³-hybridized carbons (Fsp3) is 0.947. The van der Waals surface area contributed by atoms with Crippen molar-refractivity contribution >= 4 is 5.78 Å². The Kier molecular flexibility index (Phi) is 2.89. The molecule has 4 fully saturated rings. The van der Waals surface area contributed by atoms with Gasteiger partial charge in [0.2, 0.25) is 0 Å². The van der Waals surface area contributed by atoms with E-state index in [2.05, 4.69) is 13.8 Å². The van der Waals surface area contributed by atoms with Crippen LogP contribution in [0.15, 0.2) is 0 Å². The number of rotatable bonds is 0. The molecule has 4 rings (SSSR count). The van der Waals surface area contributed by atoms with Gasteiger partial charge in [0, 0.05) is 12.8 Å². The average molecular weight is 274 g/mol. The summed E-state index contributed by atoms with van der Waals surface area (Å²) in [5, 5.41) is 0. The lowest BCUT2D eigenvalue weighted by Crippen LogP contribution is -2.52. The second-order valence-corrected chi connectivity index (χ2v) is 8.98. The van der Waals surface area contributed by atoms with Gasteiger partial charge in [0.05, 0.1) is 0 Å². The summed E-state index contributed by atoms with van der Waals surface area (Å²) in [5.41, 5.74) is 1.18. The van der Waals surface area contributed by atoms with Crippen molar-refractivity contribution in [2.24, 2.45) is 34.5 Å². The SMILES string of the molecule is C[C@]12CCC[C@@H]1[C@@H]1CC[C@H]3CC(=O)CC[C@@]3(C)[C@H]1CC2. The van der Waals surface area contributed by atoms with Crippen molar-refractivity contribution in [2.75, 3.05) is 0 Å². The van der Waals surface area contributed by atoms with Crippen molar-refractivity contribution in [3.63, 3.8) is 0 Å². The molecule has 1 heteroatoms. The summed E-state index contributed by atoms with van der Waals surface area (Å²) in [6, 6.07) is 0. The van der Waals surface area contributed by atoms with E-state index in [9.17, 15) is 4.79 Å². The molecule has 0 unspecified atom stereocenters. The van der Waals surface area contributed by atoms with Gasteiger partial charge in [0.1, 0.15) is 5.78 Å². The number of ketones is 1. The minimum atomic E-state index is 0.501. The largest absolute Gasteiger partial charge is 0.300 e. The second kappa shape index (κ2) is 4.34. The molecule has 0 aliphatic heterocycles. The van der Waals surface area contributed by atoms with Gasteiger partial charge in [-0.25, -0.2) is 0 Å². The van der Waals surface area contributed by atoms with E-state index in [0.29, 0.717) is 16.6 Å². The lowest BCUT2D eigenvalue weighted by Gasteiger charge is -2.59. The van der Waals surface area contributed by atoms with Gasteiger partial charge in [-0.15, -0.1) is 0 Å². The van der Waals surface area contributed by atoms with E-state index in [-0.39, 0.29) is 0 Å². The van der Waals surface area contributed by atoms with E-state index in [1.807, 2.05) is 0 Å². The smallest absolute Gasteiger partial charge is 0.133 e. The van der Waals surface area contributed by atoms with Crippen LogP contribution in [-0.2, 0) is 4.79 Å². The molecule has 4 aliphatic rings. The lowest BCUT2D eigenvalue weighted by molar-refractivity contribution is -0.137. The van der Waals surface area contributed by atoms with Gasteiger partial charge in [-0.1, -0.05) is 20.3 Å². The third-order valence-corrected chi connectivity index (χ3v) is 8.26. The van der Waals surface area contributed by atoms with Crippen molar-refractivity contribution in [3.8, 4) is 0 Å². The first-order valence-corrected chi connectivity index (χ1v) is 9.05. The molecule has 0 spiro atoms. The quantitative estimate of drug-likeness (QED) is 0.608. The molecule has 0 aromatic heterocycles. The van der Waals surface area contributed by atoms with Crippen molar-refractivity contribution in [1.82, 2.24) is 0 Å². The Labute approximate surface area is 123 Å². The third-order valence-electron chi connectivity index (χ3n) is 8.26. The summed E-state index contributed by atoms with van der Waals surface area (Å²) in [6.45, 7) is 5.14. The molecule has 112 valence electrons. The highest BCUT2D eigenvalue weighted by Crippen LogP contribution is 2.65. The predicted molar refractivity (Wildman–Crippen MR) is 81.4 cm³/mol. The maximum absolute atomic E-state index is 11.9. The Morgan fingerprint density at radius 2 is 1.80 bits per heavy atom. The van der Waals surface area contributed by atoms with E-state index < -0.39 is 0 Å². The predicted octanol–water partition coefficient (Wildman–Crippen LogP) is 4.99. The van der Waals surface area contributed by atoms with Crippen LogP contribution in [0.25, 0.3) is 0 Å². The number of hydrogen-bond acceptors (Lipinski definition) is 1. The van der Waals surface area contributed by atoms with Crippen LogP contribution in [0.2, 0.25) is 0 Å². The first-order valence-electron chi connectivity index (χ1n) is 9.05. The number of Topliss-reactive ketones (excluding diaryl/α,β-unsaturated/α-hetero) is 1. The van der Waals surface area contributed by atoms with Gasteiger partial charge in [-0.2, -0.15) is 0 Å². The molecule has 6 atom stereocenters. The Morgan fingerprint density at radius 1 is 0.950 bits per heavy atom. The number of carbonyl (C=O) groups excluding carboxylic acids is 1. The maximum atomic E-state index is 11.9. The fourth-order valence-corrected chi connectivity index (χ4v) is 7.04. The molecular weight excluding hydrogens is 244 g/mol. The molecule has 0 aromatic rings. The summed E-state index contributed by atoms with van der Waals surface area (Å²) in [4.78, 5) is 11.9. The standard InChI is InChI=1S/C19H30O/c1-18-9-3-4-16(18)15-6-5-13-12-14(20)7-11-19(13,2)17(15)8-10-18/h13,15-17H,3-12H2,1-2H3/t13-,15-,16+,17-,18+,19+/m0/s1. The molecule has 0 saturated heterocycles. The molecule has 4 aliphatic carbocycles. The molecule has 0 aromatic carbocycles. The molecule has 0 bridgehead atoms. The number of fused-ring (bicyclic) bond motifs is 5. The molecule has 20 heavy (non-hydrogen) atoms. The summed E-state index contributed by atoms with van der Waals surface area (Å²) < 4.78 is 0. The Hall–Kier alpha value is -0.330. The molecule has 0 amide bonds. The van der Waals surface area contributed by atoms with Gasteiger partial charge >= 0.3 is 0 Å². The highest BCUT2D eigenvalue weighted by Gasteiger charge is 2.57. The summed E-state index contributed by atoms with van der Waals surface area (Å²) in [5.74, 6) is 4.20. The second-order valence-electron chi connectivity index (χ2n) is 8.98.